The predicted molar refractivity (Wildman–Crippen MR) is 123 cm³/mol. The van der Waals surface area contributed by atoms with Gasteiger partial charge in [-0.3, -0.25) is 9.59 Å². The highest BCUT2D eigenvalue weighted by Gasteiger charge is 2.36. The lowest BCUT2D eigenvalue weighted by Gasteiger charge is -2.18. The number of halogens is 2. The number of amides is 2. The van der Waals surface area contributed by atoms with Crippen LogP contribution in [0.4, 0.5) is 20.2 Å². The summed E-state index contributed by atoms with van der Waals surface area (Å²) >= 11 is 0. The molecule has 2 aliphatic rings. The zero-order chi connectivity index (χ0) is 23.8. The van der Waals surface area contributed by atoms with Gasteiger partial charge >= 0.3 is 0 Å². The number of hydrogen-bond donors (Lipinski definition) is 1. The SMILES string of the molecule is Cc1ccc(N2CC(C(=O)Nc3ccc(F)c(-c4nnc5n4CCCCC5)c3)CC2=O)c(F)c1. The van der Waals surface area contributed by atoms with Crippen molar-refractivity contribution < 1.29 is 18.4 Å². The molecular formula is C25H25F2N5O2. The van der Waals surface area contributed by atoms with Crippen molar-refractivity contribution in [2.24, 2.45) is 5.92 Å². The van der Waals surface area contributed by atoms with E-state index in [0.29, 0.717) is 11.5 Å². The van der Waals surface area contributed by atoms with Crippen LogP contribution < -0.4 is 10.2 Å². The molecule has 5 rings (SSSR count). The lowest BCUT2D eigenvalue weighted by molar-refractivity contribution is -0.122. The second-order valence-electron chi connectivity index (χ2n) is 8.95. The predicted octanol–water partition coefficient (Wildman–Crippen LogP) is 4.25. The van der Waals surface area contributed by atoms with Crippen molar-refractivity contribution in [2.45, 2.75) is 45.6 Å². The van der Waals surface area contributed by atoms with Gasteiger partial charge in [-0.1, -0.05) is 12.5 Å². The number of fused-ring (bicyclic) bond motifs is 1. The summed E-state index contributed by atoms with van der Waals surface area (Å²) in [6, 6.07) is 8.95. The van der Waals surface area contributed by atoms with Crippen LogP contribution in [0.3, 0.4) is 0 Å². The topological polar surface area (TPSA) is 80.1 Å². The Bertz CT molecular complexity index is 1270. The van der Waals surface area contributed by atoms with E-state index in [1.807, 2.05) is 4.57 Å². The normalized spacial score (nSPS) is 18.0. The van der Waals surface area contributed by atoms with E-state index in [2.05, 4.69) is 15.5 Å². The average Bonchev–Trinajstić information content (AvgIpc) is 3.30. The summed E-state index contributed by atoms with van der Waals surface area (Å²) in [6.07, 6.45) is 3.87. The van der Waals surface area contributed by atoms with Crippen LogP contribution in [0.2, 0.25) is 0 Å². The van der Waals surface area contributed by atoms with Gasteiger partial charge in [0.2, 0.25) is 11.8 Å². The molecule has 0 aliphatic carbocycles. The number of benzene rings is 2. The lowest BCUT2D eigenvalue weighted by Crippen LogP contribution is -2.28. The summed E-state index contributed by atoms with van der Waals surface area (Å²) in [4.78, 5) is 26.7. The number of hydrogen-bond acceptors (Lipinski definition) is 4. The van der Waals surface area contributed by atoms with Gasteiger partial charge in [0, 0.05) is 31.6 Å². The molecule has 1 fully saturated rings. The van der Waals surface area contributed by atoms with E-state index in [1.165, 1.54) is 23.1 Å². The van der Waals surface area contributed by atoms with Crippen molar-refractivity contribution in [3.8, 4) is 11.4 Å². The second-order valence-corrected chi connectivity index (χ2v) is 8.95. The first-order valence-electron chi connectivity index (χ1n) is 11.5. The van der Waals surface area contributed by atoms with Gasteiger partial charge < -0.3 is 14.8 Å². The van der Waals surface area contributed by atoms with Crippen LogP contribution in [0.5, 0.6) is 0 Å². The summed E-state index contributed by atoms with van der Waals surface area (Å²) in [5.74, 6) is -0.989. The molecule has 2 amide bonds. The molecule has 0 radical (unpaired) electrons. The summed E-state index contributed by atoms with van der Waals surface area (Å²) in [5.41, 5.74) is 1.59. The Balaban J connectivity index is 1.34. The van der Waals surface area contributed by atoms with Crippen LogP contribution in [-0.2, 0) is 22.6 Å². The zero-order valence-corrected chi connectivity index (χ0v) is 18.9. The van der Waals surface area contributed by atoms with Gasteiger partial charge in [0.05, 0.1) is 17.2 Å². The number of rotatable bonds is 4. The fraction of sp³-hybridized carbons (Fsp3) is 0.360. The van der Waals surface area contributed by atoms with Crippen LogP contribution in [0.1, 0.15) is 37.1 Å². The van der Waals surface area contributed by atoms with Crippen LogP contribution in [0.25, 0.3) is 11.4 Å². The van der Waals surface area contributed by atoms with Gasteiger partial charge in [0.1, 0.15) is 17.5 Å². The molecule has 176 valence electrons. The second kappa shape index (κ2) is 8.96. The summed E-state index contributed by atoms with van der Waals surface area (Å²) in [6.45, 7) is 2.57. The van der Waals surface area contributed by atoms with Crippen molar-refractivity contribution in [2.75, 3.05) is 16.8 Å². The van der Waals surface area contributed by atoms with Crippen LogP contribution >= 0.6 is 0 Å². The molecule has 9 heteroatoms. The largest absolute Gasteiger partial charge is 0.326 e. The number of nitrogens with one attached hydrogen (secondary N) is 1. The quantitative estimate of drug-likeness (QED) is 0.625. The smallest absolute Gasteiger partial charge is 0.229 e. The number of aryl methyl sites for hydroxylation is 2. The third-order valence-electron chi connectivity index (χ3n) is 6.47. The van der Waals surface area contributed by atoms with Gasteiger partial charge in [-0.05, 0) is 55.7 Å². The Morgan fingerprint density at radius 3 is 2.74 bits per heavy atom. The van der Waals surface area contributed by atoms with E-state index < -0.39 is 17.6 Å². The van der Waals surface area contributed by atoms with Crippen LogP contribution in [-0.4, -0.2) is 33.1 Å². The standard InChI is InChI=1S/C25H25F2N5O2/c1-15-6-9-21(20(27)11-15)32-14-16(12-23(32)33)25(34)28-17-7-8-19(26)18(13-17)24-30-29-22-5-3-2-4-10-31(22)24/h6-9,11,13,16H,2-5,10,12,14H2,1H3,(H,28,34). The fourth-order valence-electron chi connectivity index (χ4n) is 4.65. The van der Waals surface area contributed by atoms with E-state index in [1.54, 1.807) is 25.1 Å². The van der Waals surface area contributed by atoms with Crippen molar-refractivity contribution in [1.82, 2.24) is 14.8 Å². The molecule has 1 aromatic heterocycles. The van der Waals surface area contributed by atoms with Crippen molar-refractivity contribution in [3.63, 3.8) is 0 Å². The van der Waals surface area contributed by atoms with Crippen molar-refractivity contribution in [1.29, 1.82) is 0 Å². The first-order chi connectivity index (χ1) is 16.4. The minimum atomic E-state index is -0.647. The Kier molecular flexibility index (Phi) is 5.85. The number of nitrogens with zero attached hydrogens (tertiary/aromatic N) is 4. The third-order valence-corrected chi connectivity index (χ3v) is 6.47. The van der Waals surface area contributed by atoms with E-state index in [0.717, 1.165) is 43.6 Å². The highest BCUT2D eigenvalue weighted by molar-refractivity contribution is 6.03. The lowest BCUT2D eigenvalue weighted by atomic mass is 10.1. The van der Waals surface area contributed by atoms with Crippen LogP contribution in [0.15, 0.2) is 36.4 Å². The maximum atomic E-state index is 14.7. The number of aromatic nitrogens is 3. The van der Waals surface area contributed by atoms with E-state index >= 15 is 0 Å². The maximum Gasteiger partial charge on any atom is 0.229 e. The molecular weight excluding hydrogens is 440 g/mol. The molecule has 2 aromatic carbocycles. The number of carbonyl (C=O) groups is 2. The van der Waals surface area contributed by atoms with Gasteiger partial charge in [-0.15, -0.1) is 10.2 Å². The third kappa shape index (κ3) is 4.18. The number of carbonyl (C=O) groups excluding carboxylic acids is 2. The van der Waals surface area contributed by atoms with Gasteiger partial charge in [0.15, 0.2) is 5.82 Å². The Morgan fingerprint density at radius 2 is 1.91 bits per heavy atom. The molecule has 0 spiro atoms. The molecule has 1 unspecified atom stereocenters. The average molecular weight is 466 g/mol. The highest BCUT2D eigenvalue weighted by Crippen LogP contribution is 2.30. The van der Waals surface area contributed by atoms with E-state index in [-0.39, 0.29) is 36.0 Å². The molecule has 34 heavy (non-hydrogen) atoms. The molecule has 1 saturated heterocycles. The fourth-order valence-corrected chi connectivity index (χ4v) is 4.65. The zero-order valence-electron chi connectivity index (χ0n) is 18.9. The van der Waals surface area contributed by atoms with Gasteiger partial charge in [0.25, 0.3) is 0 Å². The van der Waals surface area contributed by atoms with Crippen molar-refractivity contribution >= 4 is 23.2 Å². The molecule has 1 atom stereocenters. The van der Waals surface area contributed by atoms with Gasteiger partial charge in [-0.2, -0.15) is 0 Å². The Morgan fingerprint density at radius 1 is 1.06 bits per heavy atom. The molecule has 3 heterocycles. The Hall–Kier alpha value is -3.62. The molecule has 2 aliphatic heterocycles. The minimum absolute atomic E-state index is 0.0229. The molecule has 1 N–H and O–H groups in total. The molecule has 0 bridgehead atoms. The first kappa shape index (κ1) is 22.2. The monoisotopic (exact) mass is 465 g/mol. The maximum absolute atomic E-state index is 14.7. The first-order valence-corrected chi connectivity index (χ1v) is 11.5. The highest BCUT2D eigenvalue weighted by atomic mass is 19.1. The van der Waals surface area contributed by atoms with E-state index in [4.69, 9.17) is 0 Å². The van der Waals surface area contributed by atoms with Gasteiger partial charge in [-0.25, -0.2) is 8.78 Å². The molecule has 3 aromatic rings. The minimum Gasteiger partial charge on any atom is -0.326 e. The van der Waals surface area contributed by atoms with Crippen molar-refractivity contribution in [3.05, 3.63) is 59.4 Å². The number of anilines is 2. The molecule has 7 nitrogen and oxygen atoms in total. The summed E-state index contributed by atoms with van der Waals surface area (Å²) < 4.78 is 31.0. The molecule has 0 saturated carbocycles. The summed E-state index contributed by atoms with van der Waals surface area (Å²) in [5, 5.41) is 11.2. The van der Waals surface area contributed by atoms with E-state index in [9.17, 15) is 18.4 Å². The Labute approximate surface area is 195 Å². The summed E-state index contributed by atoms with van der Waals surface area (Å²) in [7, 11) is 0. The van der Waals surface area contributed by atoms with Crippen LogP contribution in [0, 0.1) is 24.5 Å².